The van der Waals surface area contributed by atoms with Crippen LogP contribution in [0.25, 0.3) is 0 Å². The van der Waals surface area contributed by atoms with Crippen molar-refractivity contribution >= 4 is 30.3 Å². The molecule has 0 radical (unpaired) electrons. The highest BCUT2D eigenvalue weighted by atomic mass is 32.1. The lowest BCUT2D eigenvalue weighted by Gasteiger charge is -2.24. The van der Waals surface area contributed by atoms with Crippen molar-refractivity contribution in [3.05, 3.63) is 29.8 Å². The van der Waals surface area contributed by atoms with E-state index in [9.17, 15) is 14.4 Å². The number of methoxy groups -OCH3 is 1. The largest absolute Gasteiger partial charge is 0.497 e. The molecule has 0 aliphatic carbocycles. The summed E-state index contributed by atoms with van der Waals surface area (Å²) in [6.07, 6.45) is 0. The van der Waals surface area contributed by atoms with Crippen molar-refractivity contribution in [3.63, 3.8) is 0 Å². The monoisotopic (exact) mass is 325 g/mol. The average molecular weight is 325 g/mol. The highest BCUT2D eigenvalue weighted by Crippen LogP contribution is 2.24. The molecule has 0 fully saturated rings. The van der Waals surface area contributed by atoms with Crippen LogP contribution < -0.4 is 10.1 Å². The molecule has 0 aliphatic rings. The third-order valence-corrected chi connectivity index (χ3v) is 3.64. The van der Waals surface area contributed by atoms with Gasteiger partial charge in [0.1, 0.15) is 17.2 Å². The number of ether oxygens (including phenoxy) is 1. The first-order valence-corrected chi connectivity index (χ1v) is 7.20. The highest BCUT2D eigenvalue weighted by molar-refractivity contribution is 7.80. The Labute approximate surface area is 134 Å². The number of ketones is 1. The van der Waals surface area contributed by atoms with Gasteiger partial charge < -0.3 is 15.2 Å². The van der Waals surface area contributed by atoms with Gasteiger partial charge >= 0.3 is 5.97 Å². The molecule has 1 aromatic rings. The number of carboxylic acids is 1. The van der Waals surface area contributed by atoms with Gasteiger partial charge in [0.05, 0.1) is 7.11 Å². The summed E-state index contributed by atoms with van der Waals surface area (Å²) in [7, 11) is 1.51. The number of Topliss-reactive ketones (excluding diaryl/α,β-unsaturated/α-hetero) is 1. The van der Waals surface area contributed by atoms with Crippen LogP contribution in [0.2, 0.25) is 0 Å². The summed E-state index contributed by atoms with van der Waals surface area (Å²) >= 11 is 3.87. The lowest BCUT2D eigenvalue weighted by molar-refractivity contribution is -0.142. The van der Waals surface area contributed by atoms with E-state index in [4.69, 9.17) is 9.84 Å². The molecule has 0 saturated carbocycles. The fraction of sp³-hybridized carbons (Fsp3) is 0.400. The molecule has 120 valence electrons. The quantitative estimate of drug-likeness (QED) is 0.400. The second-order valence-electron chi connectivity index (χ2n) is 5.23. The predicted molar refractivity (Wildman–Crippen MR) is 84.5 cm³/mol. The molecule has 0 bridgehead atoms. The second kappa shape index (κ2) is 7.31. The Balaban J connectivity index is 2.93. The first-order valence-electron chi connectivity index (χ1n) is 6.57. The maximum absolute atomic E-state index is 12.5. The van der Waals surface area contributed by atoms with Crippen molar-refractivity contribution in [2.24, 2.45) is 5.41 Å². The first-order chi connectivity index (χ1) is 10.2. The average Bonchev–Trinajstić information content (AvgIpc) is 2.51. The van der Waals surface area contributed by atoms with Crippen LogP contribution >= 0.6 is 12.6 Å². The molecule has 22 heavy (non-hydrogen) atoms. The van der Waals surface area contributed by atoms with E-state index in [1.807, 2.05) is 0 Å². The van der Waals surface area contributed by atoms with Crippen LogP contribution in [-0.2, 0) is 9.59 Å². The maximum atomic E-state index is 12.5. The Bertz CT molecular complexity index is 568. The van der Waals surface area contributed by atoms with E-state index >= 15 is 0 Å². The predicted octanol–water partition coefficient (Wildman–Crippen LogP) is 1.40. The molecule has 1 rings (SSSR count). The topological polar surface area (TPSA) is 92.7 Å². The number of aliphatic carboxylic acids is 1. The van der Waals surface area contributed by atoms with Gasteiger partial charge in [0, 0.05) is 11.3 Å². The number of hydrogen-bond acceptors (Lipinski definition) is 5. The molecule has 0 spiro atoms. The molecule has 0 saturated heterocycles. The fourth-order valence-electron chi connectivity index (χ4n) is 1.73. The number of amides is 1. The Morgan fingerprint density at radius 1 is 1.27 bits per heavy atom. The number of hydrogen-bond donors (Lipinski definition) is 3. The molecule has 1 atom stereocenters. The lowest BCUT2D eigenvalue weighted by atomic mass is 9.83. The van der Waals surface area contributed by atoms with Crippen molar-refractivity contribution in [1.29, 1.82) is 0 Å². The van der Waals surface area contributed by atoms with E-state index in [2.05, 4.69) is 17.9 Å². The minimum absolute atomic E-state index is 0.0616. The minimum Gasteiger partial charge on any atom is -0.497 e. The summed E-state index contributed by atoms with van der Waals surface area (Å²) in [5.41, 5.74) is -1.05. The van der Waals surface area contributed by atoms with Gasteiger partial charge in [0.25, 0.3) is 0 Å². The molecule has 2 N–H and O–H groups in total. The van der Waals surface area contributed by atoms with E-state index < -0.39 is 29.1 Å². The zero-order chi connectivity index (χ0) is 16.9. The molecule has 0 heterocycles. The van der Waals surface area contributed by atoms with Crippen molar-refractivity contribution in [2.75, 3.05) is 12.9 Å². The summed E-state index contributed by atoms with van der Waals surface area (Å²) in [4.78, 5) is 35.6. The summed E-state index contributed by atoms with van der Waals surface area (Å²) in [5.74, 6) is -1.73. The molecule has 0 aromatic heterocycles. The zero-order valence-electron chi connectivity index (χ0n) is 12.6. The van der Waals surface area contributed by atoms with Crippen LogP contribution in [0.15, 0.2) is 24.3 Å². The third kappa shape index (κ3) is 4.00. The number of thiol groups is 1. The van der Waals surface area contributed by atoms with Gasteiger partial charge in [-0.2, -0.15) is 12.6 Å². The Morgan fingerprint density at radius 2 is 1.82 bits per heavy atom. The van der Waals surface area contributed by atoms with Crippen molar-refractivity contribution < 1.29 is 24.2 Å². The molecule has 6 nitrogen and oxygen atoms in total. The van der Waals surface area contributed by atoms with Crippen LogP contribution in [0.1, 0.15) is 24.2 Å². The molecule has 1 unspecified atom stereocenters. The fourth-order valence-corrected chi connectivity index (χ4v) is 1.98. The van der Waals surface area contributed by atoms with Gasteiger partial charge in [-0.25, -0.2) is 4.79 Å². The highest BCUT2D eigenvalue weighted by Gasteiger charge is 2.38. The van der Waals surface area contributed by atoms with Crippen molar-refractivity contribution in [1.82, 2.24) is 5.32 Å². The standard InChI is InChI=1S/C15H19NO5S/c1-15(2,14(20)16-11(8-22)13(18)19)12(17)9-4-6-10(21-3)7-5-9/h4-7,11,22H,8H2,1-3H3,(H,16,20)(H,18,19). The number of carbonyl (C=O) groups is 3. The summed E-state index contributed by atoms with van der Waals surface area (Å²) in [6.45, 7) is 2.90. The van der Waals surface area contributed by atoms with Gasteiger partial charge in [-0.3, -0.25) is 9.59 Å². The molecular weight excluding hydrogens is 306 g/mol. The van der Waals surface area contributed by atoms with Crippen LogP contribution in [0.5, 0.6) is 5.75 Å². The normalized spacial score (nSPS) is 12.4. The summed E-state index contributed by atoms with van der Waals surface area (Å²) in [6, 6.07) is 5.22. The van der Waals surface area contributed by atoms with Crippen LogP contribution in [0.4, 0.5) is 0 Å². The minimum atomic E-state index is -1.40. The van der Waals surface area contributed by atoms with Gasteiger partial charge in [-0.1, -0.05) is 0 Å². The Kier molecular flexibility index (Phi) is 5.99. The number of benzene rings is 1. The number of nitrogens with one attached hydrogen (secondary N) is 1. The van der Waals surface area contributed by atoms with E-state index in [1.165, 1.54) is 21.0 Å². The first kappa shape index (κ1) is 18.0. The third-order valence-electron chi connectivity index (χ3n) is 3.27. The molecular formula is C15H19NO5S. The summed E-state index contributed by atoms with van der Waals surface area (Å²) in [5, 5.41) is 11.3. The molecule has 1 aromatic carbocycles. The number of carboxylic acid groups (broad SMARTS) is 1. The van der Waals surface area contributed by atoms with Crippen molar-refractivity contribution in [2.45, 2.75) is 19.9 Å². The SMILES string of the molecule is COc1ccc(C(=O)C(C)(C)C(=O)NC(CS)C(=O)O)cc1. The molecule has 1 amide bonds. The van der Waals surface area contributed by atoms with Crippen LogP contribution in [0.3, 0.4) is 0 Å². The molecule has 7 heteroatoms. The van der Waals surface area contributed by atoms with E-state index in [0.29, 0.717) is 11.3 Å². The Hall–Kier alpha value is -2.02. The van der Waals surface area contributed by atoms with E-state index in [-0.39, 0.29) is 5.75 Å². The summed E-state index contributed by atoms with van der Waals surface area (Å²) < 4.78 is 5.01. The Morgan fingerprint density at radius 3 is 2.23 bits per heavy atom. The smallest absolute Gasteiger partial charge is 0.327 e. The van der Waals surface area contributed by atoms with Crippen LogP contribution in [-0.4, -0.2) is 41.7 Å². The number of carbonyl (C=O) groups excluding carboxylic acids is 2. The van der Waals surface area contributed by atoms with Crippen LogP contribution in [0, 0.1) is 5.41 Å². The zero-order valence-corrected chi connectivity index (χ0v) is 13.5. The van der Waals surface area contributed by atoms with Gasteiger partial charge in [-0.15, -0.1) is 0 Å². The van der Waals surface area contributed by atoms with Gasteiger partial charge in [0.2, 0.25) is 5.91 Å². The van der Waals surface area contributed by atoms with Crippen molar-refractivity contribution in [3.8, 4) is 5.75 Å². The van der Waals surface area contributed by atoms with Gasteiger partial charge in [0.15, 0.2) is 5.78 Å². The molecule has 0 aliphatic heterocycles. The lowest BCUT2D eigenvalue weighted by Crippen LogP contribution is -2.50. The van der Waals surface area contributed by atoms with E-state index in [0.717, 1.165) is 0 Å². The number of rotatable bonds is 7. The van der Waals surface area contributed by atoms with E-state index in [1.54, 1.807) is 24.3 Å². The maximum Gasteiger partial charge on any atom is 0.327 e. The van der Waals surface area contributed by atoms with Gasteiger partial charge in [-0.05, 0) is 38.1 Å². The second-order valence-corrected chi connectivity index (χ2v) is 5.59.